The fraction of sp³-hybridized carbons (Fsp3) is 0.111. The molecule has 0 aliphatic carbocycles. The molecule has 2 rings (SSSR count). The second-order valence-electron chi connectivity index (χ2n) is 2.72. The first-order chi connectivity index (χ1) is 6.77. The summed E-state index contributed by atoms with van der Waals surface area (Å²) >= 11 is 0. The van der Waals surface area contributed by atoms with Gasteiger partial charge in [0, 0.05) is 0 Å². The molecule has 0 atom stereocenters. The number of aromatic nitrogens is 3. The van der Waals surface area contributed by atoms with Gasteiger partial charge in [-0.2, -0.15) is 0 Å². The zero-order valence-electron chi connectivity index (χ0n) is 7.14. The van der Waals surface area contributed by atoms with Gasteiger partial charge in [-0.3, -0.25) is 0 Å². The molecule has 0 fully saturated rings. The average molecular weight is 195 g/mol. The summed E-state index contributed by atoms with van der Waals surface area (Å²) in [5, 5.41) is 6.95. The maximum atomic E-state index is 12.2. The first kappa shape index (κ1) is 8.80. The number of hydrogen-bond donors (Lipinski definition) is 0. The fourth-order valence-corrected chi connectivity index (χ4v) is 1.08. The Labute approximate surface area is 79.0 Å². The van der Waals surface area contributed by atoms with Gasteiger partial charge in [0.25, 0.3) is 6.43 Å². The Kier molecular flexibility index (Phi) is 2.22. The van der Waals surface area contributed by atoms with E-state index in [1.54, 1.807) is 24.3 Å². The van der Waals surface area contributed by atoms with Crippen LogP contribution in [0.4, 0.5) is 8.78 Å². The normalized spacial score (nSPS) is 10.8. The fourth-order valence-electron chi connectivity index (χ4n) is 1.08. The van der Waals surface area contributed by atoms with Crippen LogP contribution < -0.4 is 0 Å². The van der Waals surface area contributed by atoms with E-state index < -0.39 is 6.43 Å². The van der Waals surface area contributed by atoms with E-state index in [-0.39, 0.29) is 5.69 Å². The molecule has 0 aliphatic rings. The standard InChI is InChI=1S/C9H7F2N3/c10-9(11)8-6-14(13-12-8)7-4-2-1-3-5-7/h1-6,9H. The van der Waals surface area contributed by atoms with Crippen molar-refractivity contribution >= 4 is 0 Å². The van der Waals surface area contributed by atoms with E-state index in [1.165, 1.54) is 10.9 Å². The Hall–Kier alpha value is -1.78. The van der Waals surface area contributed by atoms with Crippen LogP contribution in [-0.4, -0.2) is 15.0 Å². The van der Waals surface area contributed by atoms with Gasteiger partial charge in [0.1, 0.15) is 5.69 Å². The van der Waals surface area contributed by atoms with Crippen molar-refractivity contribution in [2.24, 2.45) is 0 Å². The topological polar surface area (TPSA) is 30.7 Å². The second kappa shape index (κ2) is 3.53. The molecular weight excluding hydrogens is 188 g/mol. The van der Waals surface area contributed by atoms with Crippen molar-refractivity contribution in [3.8, 4) is 5.69 Å². The Morgan fingerprint density at radius 3 is 2.43 bits per heavy atom. The molecular formula is C9H7F2N3. The van der Waals surface area contributed by atoms with E-state index in [0.29, 0.717) is 5.69 Å². The molecule has 5 heteroatoms. The second-order valence-corrected chi connectivity index (χ2v) is 2.72. The molecule has 0 saturated heterocycles. The molecule has 0 aliphatic heterocycles. The van der Waals surface area contributed by atoms with Crippen LogP contribution in [0.15, 0.2) is 36.5 Å². The number of para-hydroxylation sites is 1. The van der Waals surface area contributed by atoms with Gasteiger partial charge < -0.3 is 0 Å². The number of nitrogens with zero attached hydrogens (tertiary/aromatic N) is 3. The number of benzene rings is 1. The maximum Gasteiger partial charge on any atom is 0.283 e. The van der Waals surface area contributed by atoms with Crippen LogP contribution in [-0.2, 0) is 0 Å². The maximum absolute atomic E-state index is 12.2. The number of alkyl halides is 2. The van der Waals surface area contributed by atoms with E-state index in [1.807, 2.05) is 6.07 Å². The minimum atomic E-state index is -2.58. The Bertz CT molecular complexity index is 411. The van der Waals surface area contributed by atoms with Crippen LogP contribution >= 0.6 is 0 Å². The zero-order chi connectivity index (χ0) is 9.97. The molecule has 3 nitrogen and oxygen atoms in total. The van der Waals surface area contributed by atoms with Crippen molar-refractivity contribution in [3.05, 3.63) is 42.2 Å². The third-order valence-electron chi connectivity index (χ3n) is 1.76. The van der Waals surface area contributed by atoms with E-state index in [4.69, 9.17) is 0 Å². The minimum absolute atomic E-state index is 0.311. The Morgan fingerprint density at radius 2 is 1.86 bits per heavy atom. The highest BCUT2D eigenvalue weighted by Gasteiger charge is 2.11. The third kappa shape index (κ3) is 1.61. The highest BCUT2D eigenvalue weighted by atomic mass is 19.3. The smallest absolute Gasteiger partial charge is 0.220 e. The minimum Gasteiger partial charge on any atom is -0.220 e. The van der Waals surface area contributed by atoms with Crippen LogP contribution in [0.2, 0.25) is 0 Å². The van der Waals surface area contributed by atoms with Crippen LogP contribution in [0.5, 0.6) is 0 Å². The van der Waals surface area contributed by atoms with Crippen LogP contribution in [0.25, 0.3) is 5.69 Å². The van der Waals surface area contributed by atoms with Crippen molar-refractivity contribution < 1.29 is 8.78 Å². The summed E-state index contributed by atoms with van der Waals surface area (Å²) in [7, 11) is 0. The van der Waals surface area contributed by atoms with E-state index in [2.05, 4.69) is 10.3 Å². The van der Waals surface area contributed by atoms with Gasteiger partial charge >= 0.3 is 0 Å². The first-order valence-corrected chi connectivity index (χ1v) is 4.03. The van der Waals surface area contributed by atoms with Gasteiger partial charge in [0.2, 0.25) is 0 Å². The molecule has 72 valence electrons. The molecule has 1 aromatic carbocycles. The molecule has 1 aromatic heterocycles. The van der Waals surface area contributed by atoms with Gasteiger partial charge in [0.05, 0.1) is 11.9 Å². The number of hydrogen-bond acceptors (Lipinski definition) is 2. The summed E-state index contributed by atoms with van der Waals surface area (Å²) in [4.78, 5) is 0. The molecule has 0 N–H and O–H groups in total. The SMILES string of the molecule is FC(F)c1cn(-c2ccccc2)nn1. The first-order valence-electron chi connectivity index (χ1n) is 4.03. The van der Waals surface area contributed by atoms with Gasteiger partial charge in [0.15, 0.2) is 0 Å². The molecule has 0 amide bonds. The quantitative estimate of drug-likeness (QED) is 0.735. The molecule has 0 radical (unpaired) electrons. The summed E-state index contributed by atoms with van der Waals surface area (Å²) in [6.45, 7) is 0. The van der Waals surface area contributed by atoms with Crippen molar-refractivity contribution in [1.82, 2.24) is 15.0 Å². The van der Waals surface area contributed by atoms with Crippen molar-refractivity contribution in [1.29, 1.82) is 0 Å². The zero-order valence-corrected chi connectivity index (χ0v) is 7.14. The van der Waals surface area contributed by atoms with Crippen molar-refractivity contribution in [2.75, 3.05) is 0 Å². The molecule has 1 heterocycles. The average Bonchev–Trinajstić information content (AvgIpc) is 2.68. The van der Waals surface area contributed by atoms with E-state index >= 15 is 0 Å². The molecule has 2 aromatic rings. The number of halogens is 2. The summed E-state index contributed by atoms with van der Waals surface area (Å²) in [5.74, 6) is 0. The van der Waals surface area contributed by atoms with Gasteiger partial charge in [-0.15, -0.1) is 5.10 Å². The van der Waals surface area contributed by atoms with E-state index in [0.717, 1.165) is 0 Å². The lowest BCUT2D eigenvalue weighted by atomic mass is 10.3. The predicted molar refractivity (Wildman–Crippen MR) is 46.3 cm³/mol. The molecule has 0 spiro atoms. The third-order valence-corrected chi connectivity index (χ3v) is 1.76. The van der Waals surface area contributed by atoms with Gasteiger partial charge in [-0.05, 0) is 12.1 Å². The summed E-state index contributed by atoms with van der Waals surface area (Å²) < 4.78 is 25.7. The summed E-state index contributed by atoms with van der Waals surface area (Å²) in [5.41, 5.74) is 0.403. The summed E-state index contributed by atoms with van der Waals surface area (Å²) in [6, 6.07) is 8.99. The van der Waals surface area contributed by atoms with Crippen LogP contribution in [0.1, 0.15) is 12.1 Å². The monoisotopic (exact) mass is 195 g/mol. The van der Waals surface area contributed by atoms with Crippen molar-refractivity contribution in [3.63, 3.8) is 0 Å². The largest absolute Gasteiger partial charge is 0.283 e. The summed E-state index contributed by atoms with van der Waals surface area (Å²) in [6.07, 6.45) is -1.35. The van der Waals surface area contributed by atoms with Gasteiger partial charge in [-0.1, -0.05) is 23.4 Å². The van der Waals surface area contributed by atoms with Crippen molar-refractivity contribution in [2.45, 2.75) is 6.43 Å². The highest BCUT2D eigenvalue weighted by molar-refractivity contribution is 5.29. The molecule has 0 unspecified atom stereocenters. The van der Waals surface area contributed by atoms with Crippen LogP contribution in [0.3, 0.4) is 0 Å². The number of rotatable bonds is 2. The van der Waals surface area contributed by atoms with E-state index in [9.17, 15) is 8.78 Å². The Morgan fingerprint density at radius 1 is 1.14 bits per heavy atom. The van der Waals surface area contributed by atoms with Crippen LogP contribution in [0, 0.1) is 0 Å². The lowest BCUT2D eigenvalue weighted by molar-refractivity contribution is 0.146. The Balaban J connectivity index is 2.34. The molecule has 0 bridgehead atoms. The molecule has 0 saturated carbocycles. The van der Waals surface area contributed by atoms with Gasteiger partial charge in [-0.25, -0.2) is 13.5 Å². The lowest BCUT2D eigenvalue weighted by Gasteiger charge is -1.96. The molecule has 14 heavy (non-hydrogen) atoms. The predicted octanol–water partition coefficient (Wildman–Crippen LogP) is 2.20. The highest BCUT2D eigenvalue weighted by Crippen LogP contribution is 2.16. The lowest BCUT2D eigenvalue weighted by Crippen LogP contribution is -1.93.